The van der Waals surface area contributed by atoms with Gasteiger partial charge >= 0.3 is 0 Å². The predicted octanol–water partition coefficient (Wildman–Crippen LogP) is 5.50. The number of fused-ring (bicyclic) bond motifs is 1. The molecule has 0 aliphatic heterocycles. The van der Waals surface area contributed by atoms with Gasteiger partial charge in [0, 0.05) is 0 Å². The summed E-state index contributed by atoms with van der Waals surface area (Å²) in [6, 6.07) is 13.2. The maximum atomic E-state index is 5.89. The number of hydrogen-bond donors (Lipinski definition) is 0. The number of hydrogen-bond acceptors (Lipinski definition) is 1. The van der Waals surface area contributed by atoms with Crippen LogP contribution < -0.4 is 4.74 Å². The van der Waals surface area contributed by atoms with Crippen molar-refractivity contribution in [2.45, 2.75) is 46.0 Å². The van der Waals surface area contributed by atoms with E-state index in [9.17, 15) is 0 Å². The first kappa shape index (κ1) is 14.2. The minimum atomic E-state index is 0.694. The third-order valence-corrected chi connectivity index (χ3v) is 4.61. The van der Waals surface area contributed by atoms with Crippen molar-refractivity contribution in [2.75, 3.05) is 6.61 Å². The molecule has 1 unspecified atom stereocenters. The van der Waals surface area contributed by atoms with Gasteiger partial charge in [-0.25, -0.2) is 0 Å². The van der Waals surface area contributed by atoms with E-state index in [1.807, 2.05) is 0 Å². The minimum absolute atomic E-state index is 0.694. The number of benzene rings is 2. The van der Waals surface area contributed by atoms with Gasteiger partial charge in [0.05, 0.1) is 6.61 Å². The van der Waals surface area contributed by atoms with Crippen LogP contribution in [0.15, 0.2) is 36.4 Å². The summed E-state index contributed by atoms with van der Waals surface area (Å²) in [4.78, 5) is 0. The average Bonchev–Trinajstić information content (AvgIpc) is 2.88. The molecular formula is C20H24O. The lowest BCUT2D eigenvalue weighted by Gasteiger charge is -2.15. The van der Waals surface area contributed by atoms with E-state index in [0.29, 0.717) is 5.92 Å². The Bertz CT molecular complexity index is 642. The summed E-state index contributed by atoms with van der Waals surface area (Å²) in [7, 11) is 0. The topological polar surface area (TPSA) is 9.23 Å². The molecule has 1 heteroatoms. The molecule has 1 aliphatic rings. The van der Waals surface area contributed by atoms with Crippen LogP contribution in [-0.2, 0) is 6.42 Å². The summed E-state index contributed by atoms with van der Waals surface area (Å²) in [5.41, 5.74) is 7.07. The van der Waals surface area contributed by atoms with Gasteiger partial charge in [-0.3, -0.25) is 0 Å². The van der Waals surface area contributed by atoms with Gasteiger partial charge in [0.25, 0.3) is 0 Å². The Kier molecular flexibility index (Phi) is 4.01. The number of rotatable bonds is 4. The highest BCUT2D eigenvalue weighted by Gasteiger charge is 2.22. The van der Waals surface area contributed by atoms with E-state index in [1.54, 1.807) is 5.56 Å². The van der Waals surface area contributed by atoms with Crippen molar-refractivity contribution in [3.63, 3.8) is 0 Å². The summed E-state index contributed by atoms with van der Waals surface area (Å²) in [5, 5.41) is 0. The van der Waals surface area contributed by atoms with E-state index in [2.05, 4.69) is 57.2 Å². The molecule has 0 spiro atoms. The standard InChI is InChI=1S/C20H24O/c1-4-13-21-20-10-6-8-17(15(20)3)18-9-5-7-16-14(2)11-12-19(16)18/h5-10,14H,4,11-13H2,1-3H3. The zero-order chi connectivity index (χ0) is 14.8. The molecule has 0 amide bonds. The summed E-state index contributed by atoms with van der Waals surface area (Å²) >= 11 is 0. The molecule has 1 nitrogen and oxygen atoms in total. The second-order valence-corrected chi connectivity index (χ2v) is 6.09. The second kappa shape index (κ2) is 5.93. The predicted molar refractivity (Wildman–Crippen MR) is 89.1 cm³/mol. The van der Waals surface area contributed by atoms with Gasteiger partial charge in [0.15, 0.2) is 0 Å². The molecule has 1 atom stereocenters. The van der Waals surface area contributed by atoms with Gasteiger partial charge < -0.3 is 4.74 Å². The molecule has 3 rings (SSSR count). The Morgan fingerprint density at radius 1 is 1.10 bits per heavy atom. The summed E-state index contributed by atoms with van der Waals surface area (Å²) in [5.74, 6) is 1.72. The van der Waals surface area contributed by atoms with E-state index in [1.165, 1.54) is 35.1 Å². The first-order chi connectivity index (χ1) is 10.2. The fourth-order valence-corrected chi connectivity index (χ4v) is 3.39. The van der Waals surface area contributed by atoms with E-state index in [-0.39, 0.29) is 0 Å². The normalized spacial score (nSPS) is 16.8. The summed E-state index contributed by atoms with van der Waals surface area (Å²) in [6.07, 6.45) is 3.52. The van der Waals surface area contributed by atoms with Crippen molar-refractivity contribution in [1.82, 2.24) is 0 Å². The molecule has 1 aliphatic carbocycles. The Hall–Kier alpha value is -1.76. The largest absolute Gasteiger partial charge is 0.493 e. The molecule has 0 fully saturated rings. The van der Waals surface area contributed by atoms with Gasteiger partial charge in [-0.2, -0.15) is 0 Å². The summed E-state index contributed by atoms with van der Waals surface area (Å²) < 4.78 is 5.89. The molecule has 0 aromatic heterocycles. The fourth-order valence-electron chi connectivity index (χ4n) is 3.39. The van der Waals surface area contributed by atoms with Crippen LogP contribution in [0.1, 0.15) is 49.3 Å². The van der Waals surface area contributed by atoms with E-state index in [4.69, 9.17) is 4.74 Å². The van der Waals surface area contributed by atoms with Crippen molar-refractivity contribution in [2.24, 2.45) is 0 Å². The molecule has 110 valence electrons. The van der Waals surface area contributed by atoms with Crippen molar-refractivity contribution in [1.29, 1.82) is 0 Å². The number of ether oxygens (including phenoxy) is 1. The zero-order valence-corrected chi connectivity index (χ0v) is 13.3. The SMILES string of the molecule is CCCOc1cccc(-c2cccc3c2CCC3C)c1C. The molecule has 0 bridgehead atoms. The first-order valence-corrected chi connectivity index (χ1v) is 8.07. The monoisotopic (exact) mass is 280 g/mol. The van der Waals surface area contributed by atoms with E-state index < -0.39 is 0 Å². The molecule has 0 N–H and O–H groups in total. The molecular weight excluding hydrogens is 256 g/mol. The van der Waals surface area contributed by atoms with Crippen LogP contribution in [0.25, 0.3) is 11.1 Å². The van der Waals surface area contributed by atoms with Crippen LogP contribution in [-0.4, -0.2) is 6.61 Å². The van der Waals surface area contributed by atoms with Crippen LogP contribution in [0.5, 0.6) is 5.75 Å². The maximum Gasteiger partial charge on any atom is 0.122 e. The molecule has 0 heterocycles. The third kappa shape index (κ3) is 2.57. The Morgan fingerprint density at radius 2 is 1.86 bits per heavy atom. The van der Waals surface area contributed by atoms with Gasteiger partial charge in [-0.1, -0.05) is 44.2 Å². The lowest BCUT2D eigenvalue weighted by atomic mass is 9.92. The van der Waals surface area contributed by atoms with Crippen LogP contribution in [0.3, 0.4) is 0 Å². The van der Waals surface area contributed by atoms with Gasteiger partial charge in [-0.15, -0.1) is 0 Å². The molecule has 21 heavy (non-hydrogen) atoms. The third-order valence-electron chi connectivity index (χ3n) is 4.61. The molecule has 2 aromatic carbocycles. The molecule has 0 saturated carbocycles. The average molecular weight is 280 g/mol. The summed E-state index contributed by atoms with van der Waals surface area (Å²) in [6.45, 7) is 7.44. The quantitative estimate of drug-likeness (QED) is 0.718. The minimum Gasteiger partial charge on any atom is -0.493 e. The smallest absolute Gasteiger partial charge is 0.122 e. The second-order valence-electron chi connectivity index (χ2n) is 6.09. The highest BCUT2D eigenvalue weighted by molar-refractivity contribution is 5.74. The van der Waals surface area contributed by atoms with Crippen molar-refractivity contribution < 1.29 is 4.74 Å². The fraction of sp³-hybridized carbons (Fsp3) is 0.400. The molecule has 2 aromatic rings. The van der Waals surface area contributed by atoms with Gasteiger partial charge in [0.1, 0.15) is 5.75 Å². The van der Waals surface area contributed by atoms with Crippen molar-refractivity contribution in [3.05, 3.63) is 53.1 Å². The van der Waals surface area contributed by atoms with Crippen molar-refractivity contribution >= 4 is 0 Å². The highest BCUT2D eigenvalue weighted by Crippen LogP contribution is 2.40. The zero-order valence-electron chi connectivity index (χ0n) is 13.3. The first-order valence-electron chi connectivity index (χ1n) is 8.07. The lowest BCUT2D eigenvalue weighted by Crippen LogP contribution is -1.99. The van der Waals surface area contributed by atoms with Crippen LogP contribution >= 0.6 is 0 Å². The molecule has 0 saturated heterocycles. The van der Waals surface area contributed by atoms with Crippen LogP contribution in [0.2, 0.25) is 0 Å². The van der Waals surface area contributed by atoms with Crippen LogP contribution in [0, 0.1) is 6.92 Å². The highest BCUT2D eigenvalue weighted by atomic mass is 16.5. The van der Waals surface area contributed by atoms with Crippen molar-refractivity contribution in [3.8, 4) is 16.9 Å². The lowest BCUT2D eigenvalue weighted by molar-refractivity contribution is 0.315. The van der Waals surface area contributed by atoms with E-state index in [0.717, 1.165) is 18.8 Å². The van der Waals surface area contributed by atoms with Gasteiger partial charge in [0.2, 0.25) is 0 Å². The van der Waals surface area contributed by atoms with Crippen LogP contribution in [0.4, 0.5) is 0 Å². The van der Waals surface area contributed by atoms with Gasteiger partial charge in [-0.05, 0) is 66.0 Å². The Balaban J connectivity index is 2.06. The Labute approximate surface area is 128 Å². The maximum absolute atomic E-state index is 5.89. The Morgan fingerprint density at radius 3 is 2.67 bits per heavy atom. The molecule has 0 radical (unpaired) electrons. The van der Waals surface area contributed by atoms with E-state index >= 15 is 0 Å².